The van der Waals surface area contributed by atoms with Gasteiger partial charge in [-0.05, 0) is 26.0 Å². The summed E-state index contributed by atoms with van der Waals surface area (Å²) in [6, 6.07) is 5.75. The summed E-state index contributed by atoms with van der Waals surface area (Å²) in [6.45, 7) is 9.33. The molecule has 3 aliphatic heterocycles. The first kappa shape index (κ1) is 22.7. The van der Waals surface area contributed by atoms with E-state index in [1.807, 2.05) is 32.0 Å². The van der Waals surface area contributed by atoms with E-state index >= 15 is 0 Å². The van der Waals surface area contributed by atoms with Crippen molar-refractivity contribution in [1.82, 2.24) is 15.0 Å². The lowest BCUT2D eigenvalue weighted by Gasteiger charge is -2.36. The first-order valence-electron chi connectivity index (χ1n) is 11.9. The molecular formula is C24H30N6O4. The topological polar surface area (TPSA) is 102 Å². The van der Waals surface area contributed by atoms with E-state index in [9.17, 15) is 4.79 Å². The predicted molar refractivity (Wildman–Crippen MR) is 127 cm³/mol. The van der Waals surface area contributed by atoms with Crippen LogP contribution in [0.2, 0.25) is 0 Å². The molecule has 2 saturated heterocycles. The van der Waals surface area contributed by atoms with Crippen molar-refractivity contribution in [3.8, 4) is 0 Å². The second-order valence-corrected chi connectivity index (χ2v) is 8.50. The standard InChI is InChI=1S/C24H30N6O4/c1-3-34-23(31)18-16(2)26-21-20(19(18)17-6-4-5-7-25-17)22(29-8-12-32-13-9-29)28-24(27-21)30-10-14-33-15-11-30/h4-7,18-19H,3,8-15H2,1-2H3. The zero-order chi connectivity index (χ0) is 23.5. The van der Waals surface area contributed by atoms with Crippen molar-refractivity contribution in [1.29, 1.82) is 0 Å². The van der Waals surface area contributed by atoms with Gasteiger partial charge in [0, 0.05) is 49.3 Å². The maximum Gasteiger partial charge on any atom is 0.315 e. The molecule has 0 spiro atoms. The van der Waals surface area contributed by atoms with Crippen molar-refractivity contribution in [2.45, 2.75) is 19.8 Å². The molecule has 5 heterocycles. The average Bonchev–Trinajstić information content (AvgIpc) is 2.89. The quantitative estimate of drug-likeness (QED) is 0.612. The summed E-state index contributed by atoms with van der Waals surface area (Å²) in [4.78, 5) is 36.9. The minimum atomic E-state index is -0.597. The highest BCUT2D eigenvalue weighted by Crippen LogP contribution is 2.46. The van der Waals surface area contributed by atoms with Crippen molar-refractivity contribution in [2.24, 2.45) is 10.9 Å². The third kappa shape index (κ3) is 4.35. The number of anilines is 2. The summed E-state index contributed by atoms with van der Waals surface area (Å²) in [6.07, 6.45) is 1.75. The van der Waals surface area contributed by atoms with Gasteiger partial charge in [-0.15, -0.1) is 0 Å². The summed E-state index contributed by atoms with van der Waals surface area (Å²) >= 11 is 0. The van der Waals surface area contributed by atoms with E-state index in [0.717, 1.165) is 30.2 Å². The molecule has 2 atom stereocenters. The summed E-state index contributed by atoms with van der Waals surface area (Å²) in [7, 11) is 0. The molecule has 180 valence electrons. The van der Waals surface area contributed by atoms with E-state index in [4.69, 9.17) is 29.2 Å². The summed E-state index contributed by atoms with van der Waals surface area (Å²) in [5, 5.41) is 0. The third-order valence-corrected chi connectivity index (χ3v) is 6.42. The Morgan fingerprint density at radius 1 is 1.06 bits per heavy atom. The zero-order valence-electron chi connectivity index (χ0n) is 19.6. The second-order valence-electron chi connectivity index (χ2n) is 8.50. The van der Waals surface area contributed by atoms with Crippen LogP contribution < -0.4 is 9.80 Å². The van der Waals surface area contributed by atoms with E-state index in [1.54, 1.807) is 6.20 Å². The van der Waals surface area contributed by atoms with Crippen LogP contribution in [-0.4, -0.2) is 85.8 Å². The lowest BCUT2D eigenvalue weighted by atomic mass is 9.78. The van der Waals surface area contributed by atoms with Gasteiger partial charge in [0.1, 0.15) is 11.7 Å². The van der Waals surface area contributed by atoms with Crippen LogP contribution in [0.4, 0.5) is 17.6 Å². The Bertz CT molecular complexity index is 1050. The minimum absolute atomic E-state index is 0.299. The van der Waals surface area contributed by atoms with Gasteiger partial charge >= 0.3 is 5.97 Å². The van der Waals surface area contributed by atoms with E-state index in [-0.39, 0.29) is 5.97 Å². The number of hydrogen-bond acceptors (Lipinski definition) is 10. The van der Waals surface area contributed by atoms with Crippen molar-refractivity contribution in [3.63, 3.8) is 0 Å². The Labute approximate surface area is 199 Å². The second kappa shape index (κ2) is 10.0. The van der Waals surface area contributed by atoms with E-state index < -0.39 is 11.8 Å². The Balaban J connectivity index is 1.70. The molecule has 0 aliphatic carbocycles. The molecule has 5 rings (SSSR count). The summed E-state index contributed by atoms with van der Waals surface area (Å²) < 4.78 is 16.6. The van der Waals surface area contributed by atoms with Gasteiger partial charge in [-0.2, -0.15) is 9.97 Å². The summed E-state index contributed by atoms with van der Waals surface area (Å²) in [5.74, 6) is 0.705. The van der Waals surface area contributed by atoms with E-state index in [1.165, 1.54) is 0 Å². The zero-order valence-corrected chi connectivity index (χ0v) is 19.6. The number of nitrogens with zero attached hydrogens (tertiary/aromatic N) is 6. The van der Waals surface area contributed by atoms with Crippen LogP contribution in [0.3, 0.4) is 0 Å². The molecule has 2 aromatic heterocycles. The number of carbonyl (C=O) groups excluding carboxylic acids is 1. The minimum Gasteiger partial charge on any atom is -0.465 e. The van der Waals surface area contributed by atoms with Gasteiger partial charge in [0.15, 0.2) is 5.82 Å². The number of aromatic nitrogens is 3. The fourth-order valence-electron chi connectivity index (χ4n) is 4.78. The fraction of sp³-hybridized carbons (Fsp3) is 0.542. The monoisotopic (exact) mass is 466 g/mol. The average molecular weight is 467 g/mol. The smallest absolute Gasteiger partial charge is 0.315 e. The van der Waals surface area contributed by atoms with Crippen LogP contribution in [0, 0.1) is 5.92 Å². The number of aliphatic imine (C=N–C) groups is 1. The van der Waals surface area contributed by atoms with Crippen molar-refractivity contribution >= 4 is 29.3 Å². The van der Waals surface area contributed by atoms with E-state index in [2.05, 4.69) is 14.8 Å². The normalized spacial score (nSPS) is 22.7. The Morgan fingerprint density at radius 3 is 2.41 bits per heavy atom. The number of carbonyl (C=O) groups is 1. The van der Waals surface area contributed by atoms with Gasteiger partial charge in [-0.25, -0.2) is 4.99 Å². The highest BCUT2D eigenvalue weighted by Gasteiger charge is 2.43. The number of hydrogen-bond donors (Lipinski definition) is 0. The van der Waals surface area contributed by atoms with Gasteiger partial charge in [-0.3, -0.25) is 9.78 Å². The molecule has 0 radical (unpaired) electrons. The molecule has 2 unspecified atom stereocenters. The van der Waals surface area contributed by atoms with Crippen molar-refractivity contribution in [2.75, 3.05) is 69.0 Å². The Kier molecular flexibility index (Phi) is 6.68. The van der Waals surface area contributed by atoms with Crippen molar-refractivity contribution < 1.29 is 19.0 Å². The summed E-state index contributed by atoms with van der Waals surface area (Å²) in [5.41, 5.74) is 2.26. The number of ether oxygens (including phenoxy) is 3. The molecule has 0 saturated carbocycles. The molecule has 0 N–H and O–H groups in total. The van der Waals surface area contributed by atoms with Crippen LogP contribution in [0.25, 0.3) is 0 Å². The molecule has 0 bridgehead atoms. The molecule has 2 fully saturated rings. The molecule has 3 aliphatic rings. The van der Waals surface area contributed by atoms with Gasteiger partial charge in [0.05, 0.1) is 39.0 Å². The van der Waals surface area contributed by atoms with Crippen LogP contribution in [0.1, 0.15) is 31.0 Å². The highest BCUT2D eigenvalue weighted by atomic mass is 16.5. The molecule has 0 amide bonds. The molecule has 10 nitrogen and oxygen atoms in total. The van der Waals surface area contributed by atoms with Crippen molar-refractivity contribution in [3.05, 3.63) is 35.7 Å². The van der Waals surface area contributed by atoms with Gasteiger partial charge in [0.25, 0.3) is 0 Å². The maximum atomic E-state index is 13.2. The SMILES string of the molecule is CCOC(=O)C1C(C)=Nc2nc(N3CCOCC3)nc(N3CCOCC3)c2C1c1ccccn1. The highest BCUT2D eigenvalue weighted by molar-refractivity contribution is 6.05. The van der Waals surface area contributed by atoms with Gasteiger partial charge in [-0.1, -0.05) is 6.07 Å². The van der Waals surface area contributed by atoms with Crippen LogP contribution in [-0.2, 0) is 19.0 Å². The molecular weight excluding hydrogens is 436 g/mol. The number of morpholine rings is 2. The van der Waals surface area contributed by atoms with Crippen LogP contribution in [0.5, 0.6) is 0 Å². The maximum absolute atomic E-state index is 13.2. The van der Waals surface area contributed by atoms with E-state index in [0.29, 0.717) is 63.6 Å². The lowest BCUT2D eigenvalue weighted by Crippen LogP contribution is -2.41. The van der Waals surface area contributed by atoms with Gasteiger partial charge in [0.2, 0.25) is 5.95 Å². The Morgan fingerprint density at radius 2 is 1.76 bits per heavy atom. The number of esters is 1. The van der Waals surface area contributed by atoms with Crippen LogP contribution in [0.15, 0.2) is 29.4 Å². The fourth-order valence-corrected chi connectivity index (χ4v) is 4.78. The van der Waals surface area contributed by atoms with Crippen LogP contribution >= 0.6 is 0 Å². The molecule has 2 aromatic rings. The number of fused-ring (bicyclic) bond motifs is 1. The third-order valence-electron chi connectivity index (χ3n) is 6.42. The largest absolute Gasteiger partial charge is 0.465 e. The number of rotatable bonds is 5. The lowest BCUT2D eigenvalue weighted by molar-refractivity contribution is -0.146. The van der Waals surface area contributed by atoms with Gasteiger partial charge < -0.3 is 24.0 Å². The predicted octanol–water partition coefficient (Wildman–Crippen LogP) is 1.96. The molecule has 34 heavy (non-hydrogen) atoms. The molecule has 0 aromatic carbocycles. The molecule has 10 heteroatoms. The Hall–Kier alpha value is -3.11. The number of pyridine rings is 1. The first-order valence-corrected chi connectivity index (χ1v) is 11.9. The first-order chi connectivity index (χ1) is 16.7.